The van der Waals surface area contributed by atoms with Gasteiger partial charge in [-0.25, -0.2) is 8.42 Å². The zero-order valence-corrected chi connectivity index (χ0v) is 10.5. The molecule has 0 atom stereocenters. The number of halogens is 3. The van der Waals surface area contributed by atoms with Gasteiger partial charge in [-0.3, -0.25) is 4.79 Å². The van der Waals surface area contributed by atoms with Gasteiger partial charge in [-0.05, 0) is 36.2 Å². The second-order valence-corrected chi connectivity index (χ2v) is 6.11. The van der Waals surface area contributed by atoms with Gasteiger partial charge in [0.05, 0.1) is 4.90 Å². The highest BCUT2D eigenvalue weighted by molar-refractivity contribution is 8.13. The molecular weight excluding hydrogens is 283 g/mol. The van der Waals surface area contributed by atoms with E-state index in [4.69, 9.17) is 33.9 Å². The van der Waals surface area contributed by atoms with Crippen LogP contribution in [0.3, 0.4) is 0 Å². The second kappa shape index (κ2) is 4.29. The van der Waals surface area contributed by atoms with Gasteiger partial charge < -0.3 is 0 Å². The van der Waals surface area contributed by atoms with Crippen molar-refractivity contribution < 1.29 is 13.2 Å². The maximum absolute atomic E-state index is 11.0. The third kappa shape index (κ3) is 2.84. The molecule has 0 saturated carbocycles. The third-order valence-corrected chi connectivity index (χ3v) is 3.74. The Hall–Kier alpha value is -0.290. The average molecular weight is 288 g/mol. The van der Waals surface area contributed by atoms with Crippen LogP contribution in [0.25, 0.3) is 0 Å². The molecule has 1 aromatic carbocycles. The molecule has 0 fully saturated rings. The first kappa shape index (κ1) is 12.8. The summed E-state index contributed by atoms with van der Waals surface area (Å²) in [7, 11) is 1.20. The Morgan fingerprint density at radius 1 is 1.33 bits per heavy atom. The van der Waals surface area contributed by atoms with Crippen LogP contribution in [0.2, 0.25) is 5.02 Å². The fraction of sp³-hybridized carbons (Fsp3) is 0.125. The molecule has 0 aliphatic carbocycles. The molecule has 0 bridgehead atoms. The molecule has 0 aromatic heterocycles. The van der Waals surface area contributed by atoms with Crippen LogP contribution in [0.4, 0.5) is 0 Å². The number of benzene rings is 1. The molecule has 0 saturated heterocycles. The average Bonchev–Trinajstić information content (AvgIpc) is 2.06. The van der Waals surface area contributed by atoms with Gasteiger partial charge in [0, 0.05) is 21.3 Å². The molecule has 0 unspecified atom stereocenters. The van der Waals surface area contributed by atoms with E-state index < -0.39 is 14.3 Å². The standard InChI is InChI=1S/C8H5Cl3O3S/c1-4-6(8(10)12)2-5(3-7(4)9)15(11,13)14/h2-3H,1H3. The first-order valence-corrected chi connectivity index (χ1v) is 6.74. The van der Waals surface area contributed by atoms with Gasteiger partial charge in [-0.2, -0.15) is 0 Å². The van der Waals surface area contributed by atoms with Crippen LogP contribution < -0.4 is 0 Å². The van der Waals surface area contributed by atoms with E-state index >= 15 is 0 Å². The molecule has 3 nitrogen and oxygen atoms in total. The van der Waals surface area contributed by atoms with E-state index in [1.165, 1.54) is 6.07 Å². The lowest BCUT2D eigenvalue weighted by Crippen LogP contribution is -1.99. The highest BCUT2D eigenvalue weighted by atomic mass is 35.7. The zero-order valence-electron chi connectivity index (χ0n) is 7.42. The summed E-state index contributed by atoms with van der Waals surface area (Å²) < 4.78 is 22.0. The fourth-order valence-electron chi connectivity index (χ4n) is 0.999. The fourth-order valence-corrected chi connectivity index (χ4v) is 2.26. The van der Waals surface area contributed by atoms with Crippen LogP contribution in [-0.4, -0.2) is 13.7 Å². The molecule has 1 rings (SSSR count). The smallest absolute Gasteiger partial charge is 0.261 e. The summed E-state index contributed by atoms with van der Waals surface area (Å²) in [5, 5.41) is -0.655. The monoisotopic (exact) mass is 286 g/mol. The number of rotatable bonds is 2. The molecule has 7 heteroatoms. The van der Waals surface area contributed by atoms with Crippen molar-refractivity contribution in [2.45, 2.75) is 11.8 Å². The lowest BCUT2D eigenvalue weighted by molar-refractivity contribution is 0.108. The van der Waals surface area contributed by atoms with Gasteiger partial charge in [0.2, 0.25) is 0 Å². The first-order chi connectivity index (χ1) is 6.73. The van der Waals surface area contributed by atoms with E-state index in [0.29, 0.717) is 5.56 Å². The molecule has 15 heavy (non-hydrogen) atoms. The van der Waals surface area contributed by atoms with E-state index in [2.05, 4.69) is 0 Å². The summed E-state index contributed by atoms with van der Waals surface area (Å²) in [4.78, 5) is 10.7. The quantitative estimate of drug-likeness (QED) is 0.786. The van der Waals surface area contributed by atoms with Gasteiger partial charge in [-0.15, -0.1) is 0 Å². The SMILES string of the molecule is Cc1c(Cl)cc(S(=O)(=O)Cl)cc1C(=O)Cl. The van der Waals surface area contributed by atoms with Crippen molar-refractivity contribution in [3.8, 4) is 0 Å². The van der Waals surface area contributed by atoms with Crippen molar-refractivity contribution in [2.75, 3.05) is 0 Å². The van der Waals surface area contributed by atoms with Crippen LogP contribution >= 0.6 is 33.9 Å². The number of hydrogen-bond acceptors (Lipinski definition) is 3. The summed E-state index contributed by atoms with van der Waals surface area (Å²) in [6, 6.07) is 2.27. The summed E-state index contributed by atoms with van der Waals surface area (Å²) in [6.07, 6.45) is 0. The first-order valence-electron chi connectivity index (χ1n) is 3.68. The van der Waals surface area contributed by atoms with Gasteiger partial charge >= 0.3 is 0 Å². The van der Waals surface area contributed by atoms with E-state index in [9.17, 15) is 13.2 Å². The molecule has 0 spiro atoms. The van der Waals surface area contributed by atoms with E-state index in [1.54, 1.807) is 6.92 Å². The lowest BCUT2D eigenvalue weighted by atomic mass is 10.1. The molecule has 0 amide bonds. The normalized spacial score (nSPS) is 11.5. The van der Waals surface area contributed by atoms with Gasteiger partial charge in [-0.1, -0.05) is 11.6 Å². The predicted octanol–water partition coefficient (Wildman–Crippen LogP) is 2.95. The van der Waals surface area contributed by atoms with Crippen LogP contribution in [0.5, 0.6) is 0 Å². The molecule has 0 aliphatic rings. The van der Waals surface area contributed by atoms with Crippen LogP contribution in [-0.2, 0) is 9.05 Å². The summed E-state index contributed by atoms with van der Waals surface area (Å²) in [5.74, 6) is 0. The number of carbonyl (C=O) groups is 1. The predicted molar refractivity (Wildman–Crippen MR) is 59.4 cm³/mol. The Morgan fingerprint density at radius 3 is 2.27 bits per heavy atom. The van der Waals surface area contributed by atoms with Crippen molar-refractivity contribution in [3.05, 3.63) is 28.3 Å². The topological polar surface area (TPSA) is 51.2 Å². The van der Waals surface area contributed by atoms with Crippen molar-refractivity contribution in [3.63, 3.8) is 0 Å². The Morgan fingerprint density at radius 2 is 1.87 bits per heavy atom. The highest BCUT2D eigenvalue weighted by Crippen LogP contribution is 2.27. The van der Waals surface area contributed by atoms with Crippen molar-refractivity contribution in [2.24, 2.45) is 0 Å². The Kier molecular flexibility index (Phi) is 3.66. The zero-order chi connectivity index (χ0) is 11.8. The minimum absolute atomic E-state index is 0.0309. The van der Waals surface area contributed by atoms with Crippen molar-refractivity contribution in [1.29, 1.82) is 0 Å². The summed E-state index contributed by atoms with van der Waals surface area (Å²) in [5.41, 5.74) is 0.448. The molecule has 1 aromatic rings. The Bertz CT molecular complexity index is 522. The minimum Gasteiger partial charge on any atom is -0.276 e. The van der Waals surface area contributed by atoms with Gasteiger partial charge in [0.15, 0.2) is 0 Å². The Labute approximate surface area is 101 Å². The van der Waals surface area contributed by atoms with Crippen LogP contribution in [0.15, 0.2) is 17.0 Å². The van der Waals surface area contributed by atoms with Crippen molar-refractivity contribution in [1.82, 2.24) is 0 Å². The maximum atomic E-state index is 11.0. The highest BCUT2D eigenvalue weighted by Gasteiger charge is 2.17. The number of carbonyl (C=O) groups excluding carboxylic acids is 1. The largest absolute Gasteiger partial charge is 0.276 e. The molecule has 0 N–H and O–H groups in total. The van der Waals surface area contributed by atoms with Gasteiger partial charge in [0.1, 0.15) is 0 Å². The molecule has 82 valence electrons. The van der Waals surface area contributed by atoms with E-state index in [0.717, 1.165) is 6.07 Å². The summed E-state index contributed by atoms with van der Waals surface area (Å²) in [6.45, 7) is 1.56. The number of hydrogen-bond donors (Lipinski definition) is 0. The van der Waals surface area contributed by atoms with E-state index in [1.807, 2.05) is 0 Å². The summed E-state index contributed by atoms with van der Waals surface area (Å²) >= 11 is 11.0. The Balaban J connectivity index is 3.57. The van der Waals surface area contributed by atoms with Gasteiger partial charge in [0.25, 0.3) is 14.3 Å². The minimum atomic E-state index is -3.92. The van der Waals surface area contributed by atoms with Crippen LogP contribution in [0.1, 0.15) is 15.9 Å². The maximum Gasteiger partial charge on any atom is 0.261 e. The second-order valence-electron chi connectivity index (χ2n) is 2.79. The van der Waals surface area contributed by atoms with Crippen molar-refractivity contribution >= 4 is 48.2 Å². The van der Waals surface area contributed by atoms with Crippen LogP contribution in [0, 0.1) is 6.92 Å². The molecule has 0 radical (unpaired) electrons. The molecule has 0 aliphatic heterocycles. The van der Waals surface area contributed by atoms with E-state index in [-0.39, 0.29) is 15.5 Å². The third-order valence-electron chi connectivity index (χ3n) is 1.81. The molecule has 0 heterocycles. The lowest BCUT2D eigenvalue weighted by Gasteiger charge is -2.05. The molecular formula is C8H5Cl3O3S.